The number of alkyl halides is 3. The van der Waals surface area contributed by atoms with Gasteiger partial charge in [0, 0.05) is 5.56 Å². The second-order valence-corrected chi connectivity index (χ2v) is 2.77. The van der Waals surface area contributed by atoms with Crippen molar-refractivity contribution in [3.8, 4) is 0 Å². The fraction of sp³-hybridized carbons (Fsp3) is 0.100. The number of carbonyl (C=O) groups excluding carboxylic acids is 1. The predicted octanol–water partition coefficient (Wildman–Crippen LogP) is 3.37. The van der Waals surface area contributed by atoms with Crippen LogP contribution in [0.2, 0.25) is 0 Å². The summed E-state index contributed by atoms with van der Waals surface area (Å²) < 4.78 is 47.8. The molecule has 0 unspecified atom stereocenters. The lowest BCUT2D eigenvalue weighted by Crippen LogP contribution is -2.07. The summed E-state index contributed by atoms with van der Waals surface area (Å²) >= 11 is 0. The lowest BCUT2D eigenvalue weighted by molar-refractivity contribution is -0.107. The quantitative estimate of drug-likeness (QED) is 0.549. The Morgan fingerprint density at radius 1 is 1.07 bits per heavy atom. The van der Waals surface area contributed by atoms with Crippen molar-refractivity contribution < 1.29 is 22.4 Å². The molecule has 1 rings (SSSR count). The van der Waals surface area contributed by atoms with Crippen LogP contribution in [-0.4, -0.2) is 12.5 Å². The van der Waals surface area contributed by atoms with Crippen molar-refractivity contribution in [2.24, 2.45) is 0 Å². The van der Waals surface area contributed by atoms with Crippen LogP contribution < -0.4 is 0 Å². The Kier molecular flexibility index (Phi) is 3.24. The molecule has 0 saturated heterocycles. The molecule has 1 nitrogen and oxygen atoms in total. The average Bonchev–Trinajstić information content (AvgIpc) is 2.17. The van der Waals surface area contributed by atoms with E-state index in [1.807, 2.05) is 0 Å². The Bertz CT molecular complexity index is 375. The van der Waals surface area contributed by atoms with E-state index < -0.39 is 12.0 Å². The maximum absolute atomic E-state index is 12.4. The van der Waals surface area contributed by atoms with Crippen molar-refractivity contribution in [3.05, 3.63) is 41.2 Å². The van der Waals surface area contributed by atoms with E-state index in [-0.39, 0.29) is 5.56 Å². The molecule has 0 aliphatic heterocycles. The maximum atomic E-state index is 12.4. The Labute approximate surface area is 83.0 Å². The largest absolute Gasteiger partial charge is 0.442 e. The standard InChI is InChI=1S/C10H6F4O/c11-9(10(12,13)14)5-7-1-3-8(6-15)4-2-7/h1-6H/b9-5+. The van der Waals surface area contributed by atoms with Gasteiger partial charge in [-0.3, -0.25) is 4.79 Å². The van der Waals surface area contributed by atoms with Crippen LogP contribution in [0.1, 0.15) is 15.9 Å². The Morgan fingerprint density at radius 2 is 1.53 bits per heavy atom. The third-order valence-electron chi connectivity index (χ3n) is 1.64. The number of hydrogen-bond acceptors (Lipinski definition) is 1. The van der Waals surface area contributed by atoms with Crippen LogP contribution in [0.15, 0.2) is 30.1 Å². The van der Waals surface area contributed by atoms with Crippen molar-refractivity contribution in [2.45, 2.75) is 6.18 Å². The highest BCUT2D eigenvalue weighted by atomic mass is 19.4. The summed E-state index contributed by atoms with van der Waals surface area (Å²) in [7, 11) is 0. The zero-order valence-corrected chi connectivity index (χ0v) is 7.38. The maximum Gasteiger partial charge on any atom is 0.442 e. The van der Waals surface area contributed by atoms with Gasteiger partial charge in [-0.15, -0.1) is 0 Å². The second-order valence-electron chi connectivity index (χ2n) is 2.77. The smallest absolute Gasteiger partial charge is 0.298 e. The van der Waals surface area contributed by atoms with Gasteiger partial charge in [-0.05, 0) is 11.6 Å². The molecule has 80 valence electrons. The number of carbonyl (C=O) groups is 1. The van der Waals surface area contributed by atoms with Crippen LogP contribution in [0.3, 0.4) is 0 Å². The summed E-state index contributed by atoms with van der Waals surface area (Å²) in [6.45, 7) is 0. The number of halogens is 4. The number of aldehydes is 1. The third-order valence-corrected chi connectivity index (χ3v) is 1.64. The van der Waals surface area contributed by atoms with Crippen LogP contribution in [0.4, 0.5) is 17.6 Å². The third kappa shape index (κ3) is 3.19. The van der Waals surface area contributed by atoms with Gasteiger partial charge >= 0.3 is 6.18 Å². The van der Waals surface area contributed by atoms with Gasteiger partial charge in [0.05, 0.1) is 0 Å². The average molecular weight is 218 g/mol. The van der Waals surface area contributed by atoms with Gasteiger partial charge in [-0.25, -0.2) is 4.39 Å². The van der Waals surface area contributed by atoms with Gasteiger partial charge in [0.15, 0.2) is 0 Å². The van der Waals surface area contributed by atoms with Crippen LogP contribution in [0, 0.1) is 0 Å². The first-order chi connectivity index (χ1) is 6.93. The van der Waals surface area contributed by atoms with Crippen LogP contribution in [-0.2, 0) is 0 Å². The van der Waals surface area contributed by atoms with Gasteiger partial charge in [0.2, 0.25) is 5.83 Å². The molecule has 0 spiro atoms. The molecule has 0 aliphatic rings. The van der Waals surface area contributed by atoms with Crippen molar-refractivity contribution in [1.82, 2.24) is 0 Å². The normalized spacial score (nSPS) is 12.7. The molecule has 1 aromatic rings. The fourth-order valence-electron chi connectivity index (χ4n) is 0.899. The zero-order valence-electron chi connectivity index (χ0n) is 7.38. The van der Waals surface area contributed by atoms with E-state index in [2.05, 4.69) is 0 Å². The van der Waals surface area contributed by atoms with E-state index >= 15 is 0 Å². The monoisotopic (exact) mass is 218 g/mol. The highest BCUT2D eigenvalue weighted by Crippen LogP contribution is 2.28. The molecule has 0 aliphatic carbocycles. The molecule has 0 heterocycles. The summed E-state index contributed by atoms with van der Waals surface area (Å²) in [6, 6.07) is 5.08. The number of benzene rings is 1. The Morgan fingerprint density at radius 3 is 1.93 bits per heavy atom. The molecule has 15 heavy (non-hydrogen) atoms. The van der Waals surface area contributed by atoms with E-state index in [0.717, 1.165) is 0 Å². The molecular formula is C10H6F4O. The minimum atomic E-state index is -4.97. The fourth-order valence-corrected chi connectivity index (χ4v) is 0.899. The first kappa shape index (κ1) is 11.4. The van der Waals surface area contributed by atoms with Crippen LogP contribution in [0.5, 0.6) is 0 Å². The Balaban J connectivity index is 2.94. The SMILES string of the molecule is O=Cc1ccc(/C=C(/F)C(F)(F)F)cc1. The second kappa shape index (κ2) is 4.25. The molecule has 0 aromatic heterocycles. The molecule has 0 atom stereocenters. The molecule has 0 bridgehead atoms. The highest BCUT2D eigenvalue weighted by Gasteiger charge is 2.34. The molecule has 0 radical (unpaired) electrons. The van der Waals surface area contributed by atoms with E-state index in [1.165, 1.54) is 24.3 Å². The molecular weight excluding hydrogens is 212 g/mol. The van der Waals surface area contributed by atoms with Crippen molar-refractivity contribution >= 4 is 12.4 Å². The summed E-state index contributed by atoms with van der Waals surface area (Å²) in [5, 5.41) is 0. The molecule has 0 fully saturated rings. The number of hydrogen-bond donors (Lipinski definition) is 0. The first-order valence-electron chi connectivity index (χ1n) is 3.93. The van der Waals surface area contributed by atoms with Gasteiger partial charge < -0.3 is 0 Å². The molecule has 0 amide bonds. The van der Waals surface area contributed by atoms with Crippen molar-refractivity contribution in [3.63, 3.8) is 0 Å². The molecule has 0 N–H and O–H groups in total. The number of rotatable bonds is 2. The van der Waals surface area contributed by atoms with Gasteiger partial charge in [-0.2, -0.15) is 13.2 Å². The van der Waals surface area contributed by atoms with E-state index in [9.17, 15) is 22.4 Å². The van der Waals surface area contributed by atoms with E-state index in [0.29, 0.717) is 17.9 Å². The van der Waals surface area contributed by atoms with E-state index in [4.69, 9.17) is 0 Å². The van der Waals surface area contributed by atoms with Crippen molar-refractivity contribution in [2.75, 3.05) is 0 Å². The first-order valence-corrected chi connectivity index (χ1v) is 3.93. The summed E-state index contributed by atoms with van der Waals surface area (Å²) in [6.07, 6.45) is -4.05. The van der Waals surface area contributed by atoms with Gasteiger partial charge in [0.1, 0.15) is 6.29 Å². The highest BCUT2D eigenvalue weighted by molar-refractivity contribution is 5.75. The molecule has 5 heteroatoms. The zero-order chi connectivity index (χ0) is 11.5. The topological polar surface area (TPSA) is 17.1 Å². The van der Waals surface area contributed by atoms with Crippen LogP contribution in [0.25, 0.3) is 6.08 Å². The Hall–Kier alpha value is -1.65. The van der Waals surface area contributed by atoms with Crippen LogP contribution >= 0.6 is 0 Å². The lowest BCUT2D eigenvalue weighted by atomic mass is 10.1. The predicted molar refractivity (Wildman–Crippen MR) is 47.0 cm³/mol. The minimum Gasteiger partial charge on any atom is -0.298 e. The lowest BCUT2D eigenvalue weighted by Gasteiger charge is -2.02. The summed E-state index contributed by atoms with van der Waals surface area (Å²) in [4.78, 5) is 10.2. The summed E-state index contributed by atoms with van der Waals surface area (Å²) in [5.74, 6) is -2.17. The summed E-state index contributed by atoms with van der Waals surface area (Å²) in [5.41, 5.74) is 0.370. The molecule has 0 saturated carbocycles. The number of allylic oxidation sites excluding steroid dienone is 1. The minimum absolute atomic E-state index is 0.0513. The molecule has 1 aromatic carbocycles. The van der Waals surface area contributed by atoms with Gasteiger partial charge in [0.25, 0.3) is 0 Å². The van der Waals surface area contributed by atoms with E-state index in [1.54, 1.807) is 0 Å². The van der Waals surface area contributed by atoms with Crippen molar-refractivity contribution in [1.29, 1.82) is 0 Å². The van der Waals surface area contributed by atoms with Gasteiger partial charge in [-0.1, -0.05) is 24.3 Å².